The van der Waals surface area contributed by atoms with Gasteiger partial charge in [0.25, 0.3) is 5.91 Å². The molecular formula is C16H18ClN3O3. The molecule has 0 atom stereocenters. The van der Waals surface area contributed by atoms with Gasteiger partial charge in [0.1, 0.15) is 11.3 Å². The molecule has 1 fully saturated rings. The van der Waals surface area contributed by atoms with Gasteiger partial charge in [-0.25, -0.2) is 4.98 Å². The molecule has 0 saturated carbocycles. The first-order valence-electron chi connectivity index (χ1n) is 7.68. The average Bonchev–Trinajstić information content (AvgIpc) is 2.97. The van der Waals surface area contributed by atoms with Gasteiger partial charge in [-0.1, -0.05) is 11.6 Å². The minimum Gasteiger partial charge on any atom is -0.466 e. The lowest BCUT2D eigenvalue weighted by molar-refractivity contribution is -0.149. The number of pyridine rings is 1. The summed E-state index contributed by atoms with van der Waals surface area (Å²) in [7, 11) is 0. The van der Waals surface area contributed by atoms with Crippen molar-refractivity contribution in [3.8, 4) is 0 Å². The van der Waals surface area contributed by atoms with Crippen molar-refractivity contribution in [2.75, 3.05) is 19.7 Å². The van der Waals surface area contributed by atoms with Crippen LogP contribution in [0, 0.1) is 5.92 Å². The number of esters is 1. The second-order valence-electron chi connectivity index (χ2n) is 5.56. The topological polar surface area (TPSA) is 63.9 Å². The second-order valence-corrected chi connectivity index (χ2v) is 5.99. The van der Waals surface area contributed by atoms with Crippen molar-refractivity contribution in [1.29, 1.82) is 0 Å². The highest BCUT2D eigenvalue weighted by Crippen LogP contribution is 2.21. The first-order chi connectivity index (χ1) is 11.1. The fourth-order valence-electron chi connectivity index (χ4n) is 2.81. The van der Waals surface area contributed by atoms with Crippen LogP contribution in [0.3, 0.4) is 0 Å². The molecule has 1 aliphatic heterocycles. The minimum atomic E-state index is -0.165. The molecule has 1 aliphatic rings. The van der Waals surface area contributed by atoms with Gasteiger partial charge in [0, 0.05) is 25.5 Å². The molecule has 1 amide bonds. The summed E-state index contributed by atoms with van der Waals surface area (Å²) in [5.74, 6) is -0.395. The van der Waals surface area contributed by atoms with Crippen molar-refractivity contribution in [2.24, 2.45) is 5.92 Å². The van der Waals surface area contributed by atoms with Crippen molar-refractivity contribution < 1.29 is 14.3 Å². The van der Waals surface area contributed by atoms with Gasteiger partial charge in [-0.05, 0) is 31.9 Å². The Morgan fingerprint density at radius 1 is 1.30 bits per heavy atom. The average molecular weight is 336 g/mol. The number of halogens is 1. The zero-order valence-electron chi connectivity index (χ0n) is 12.9. The Morgan fingerprint density at radius 2 is 2.04 bits per heavy atom. The summed E-state index contributed by atoms with van der Waals surface area (Å²) in [6.45, 7) is 3.27. The van der Waals surface area contributed by atoms with E-state index in [0.29, 0.717) is 48.9 Å². The molecule has 2 aromatic heterocycles. The van der Waals surface area contributed by atoms with Gasteiger partial charge >= 0.3 is 5.97 Å². The van der Waals surface area contributed by atoms with E-state index in [1.165, 1.54) is 0 Å². The van der Waals surface area contributed by atoms with Gasteiger partial charge in [0.2, 0.25) is 0 Å². The molecule has 0 bridgehead atoms. The number of rotatable bonds is 3. The van der Waals surface area contributed by atoms with Gasteiger partial charge in [-0.15, -0.1) is 0 Å². The Bertz CT molecular complexity index is 735. The number of aromatic nitrogens is 2. The third-order valence-corrected chi connectivity index (χ3v) is 4.26. The largest absolute Gasteiger partial charge is 0.466 e. The number of nitrogens with zero attached hydrogens (tertiary/aromatic N) is 3. The molecule has 0 radical (unpaired) electrons. The van der Waals surface area contributed by atoms with Crippen molar-refractivity contribution in [1.82, 2.24) is 14.3 Å². The van der Waals surface area contributed by atoms with E-state index in [1.54, 1.807) is 40.8 Å². The van der Waals surface area contributed by atoms with E-state index in [2.05, 4.69) is 4.98 Å². The number of amides is 1. The molecule has 2 aromatic rings. The zero-order valence-corrected chi connectivity index (χ0v) is 13.6. The third-order valence-electron chi connectivity index (χ3n) is 4.04. The molecule has 3 heterocycles. The Balaban J connectivity index is 1.67. The predicted molar refractivity (Wildman–Crippen MR) is 85.5 cm³/mol. The number of likely N-dealkylation sites (tertiary alicyclic amines) is 1. The van der Waals surface area contributed by atoms with Gasteiger partial charge in [0.05, 0.1) is 17.5 Å². The van der Waals surface area contributed by atoms with Gasteiger partial charge in [0.15, 0.2) is 0 Å². The van der Waals surface area contributed by atoms with Crippen molar-refractivity contribution in [3.05, 3.63) is 35.2 Å². The van der Waals surface area contributed by atoms with Crippen LogP contribution in [0.15, 0.2) is 24.5 Å². The van der Waals surface area contributed by atoms with Crippen LogP contribution in [-0.4, -0.2) is 45.9 Å². The van der Waals surface area contributed by atoms with Crippen LogP contribution in [0.25, 0.3) is 5.65 Å². The van der Waals surface area contributed by atoms with Crippen molar-refractivity contribution in [3.63, 3.8) is 0 Å². The standard InChI is InChI=1S/C16H18ClN3O3/c1-2-23-16(22)11-5-7-19(8-6-11)15(21)13-10-20-9-12(17)3-4-14(20)18-13/h3-4,9-11H,2,5-8H2,1H3. The Kier molecular flexibility index (Phi) is 4.52. The molecule has 0 N–H and O–H groups in total. The summed E-state index contributed by atoms with van der Waals surface area (Å²) in [5, 5.41) is 0.587. The maximum absolute atomic E-state index is 12.6. The zero-order chi connectivity index (χ0) is 16.4. The molecule has 0 aromatic carbocycles. The first-order valence-corrected chi connectivity index (χ1v) is 8.06. The maximum atomic E-state index is 12.6. The van der Waals surface area contributed by atoms with E-state index < -0.39 is 0 Å². The number of hydrogen-bond donors (Lipinski definition) is 0. The van der Waals surface area contributed by atoms with E-state index >= 15 is 0 Å². The normalized spacial score (nSPS) is 15.8. The van der Waals surface area contributed by atoms with Crippen LogP contribution in [0.4, 0.5) is 0 Å². The second kappa shape index (κ2) is 6.58. The van der Waals surface area contributed by atoms with Crippen LogP contribution in [0.5, 0.6) is 0 Å². The summed E-state index contributed by atoms with van der Waals surface area (Å²) < 4.78 is 6.78. The van der Waals surface area contributed by atoms with Gasteiger partial charge in [-0.3, -0.25) is 9.59 Å². The third kappa shape index (κ3) is 3.32. The van der Waals surface area contributed by atoms with Crippen molar-refractivity contribution in [2.45, 2.75) is 19.8 Å². The van der Waals surface area contributed by atoms with E-state index in [1.807, 2.05) is 0 Å². The van der Waals surface area contributed by atoms with Crippen LogP contribution >= 0.6 is 11.6 Å². The highest BCUT2D eigenvalue weighted by atomic mass is 35.5. The summed E-state index contributed by atoms with van der Waals surface area (Å²) in [6.07, 6.45) is 4.65. The van der Waals surface area contributed by atoms with Gasteiger partial charge in [-0.2, -0.15) is 0 Å². The smallest absolute Gasteiger partial charge is 0.309 e. The highest BCUT2D eigenvalue weighted by Gasteiger charge is 2.29. The summed E-state index contributed by atoms with van der Waals surface area (Å²) in [6, 6.07) is 3.51. The number of ether oxygens (including phenoxy) is 1. The number of fused-ring (bicyclic) bond motifs is 1. The number of carbonyl (C=O) groups is 2. The van der Waals surface area contributed by atoms with E-state index in [0.717, 1.165) is 0 Å². The molecule has 6 nitrogen and oxygen atoms in total. The molecule has 3 rings (SSSR count). The number of carbonyl (C=O) groups excluding carboxylic acids is 2. The summed E-state index contributed by atoms with van der Waals surface area (Å²) in [5.41, 5.74) is 1.07. The molecular weight excluding hydrogens is 318 g/mol. The summed E-state index contributed by atoms with van der Waals surface area (Å²) in [4.78, 5) is 30.4. The van der Waals surface area contributed by atoms with Gasteiger partial charge < -0.3 is 14.0 Å². The highest BCUT2D eigenvalue weighted by molar-refractivity contribution is 6.30. The fourth-order valence-corrected chi connectivity index (χ4v) is 2.98. The maximum Gasteiger partial charge on any atom is 0.309 e. The number of hydrogen-bond acceptors (Lipinski definition) is 4. The molecule has 23 heavy (non-hydrogen) atoms. The SMILES string of the molecule is CCOC(=O)C1CCN(C(=O)c2cn3cc(Cl)ccc3n2)CC1. The molecule has 7 heteroatoms. The van der Waals surface area contributed by atoms with E-state index in [9.17, 15) is 9.59 Å². The number of imidazole rings is 1. The Morgan fingerprint density at radius 3 is 2.74 bits per heavy atom. The first kappa shape index (κ1) is 15.8. The summed E-state index contributed by atoms with van der Waals surface area (Å²) >= 11 is 5.94. The van der Waals surface area contributed by atoms with Crippen molar-refractivity contribution >= 4 is 29.1 Å². The van der Waals surface area contributed by atoms with Crippen LogP contribution in [0.2, 0.25) is 5.02 Å². The predicted octanol–water partition coefficient (Wildman–Crippen LogP) is 2.40. The fraction of sp³-hybridized carbons (Fsp3) is 0.438. The molecule has 0 aliphatic carbocycles. The molecule has 1 saturated heterocycles. The number of piperidine rings is 1. The monoisotopic (exact) mass is 335 g/mol. The minimum absolute atomic E-state index is 0.112. The van der Waals surface area contributed by atoms with E-state index in [4.69, 9.17) is 16.3 Å². The molecule has 0 spiro atoms. The Labute approximate surface area is 139 Å². The lowest BCUT2D eigenvalue weighted by Gasteiger charge is -2.30. The van der Waals surface area contributed by atoms with Crippen LogP contribution in [0.1, 0.15) is 30.3 Å². The van der Waals surface area contributed by atoms with E-state index in [-0.39, 0.29) is 17.8 Å². The lowest BCUT2D eigenvalue weighted by atomic mass is 9.97. The molecule has 122 valence electrons. The molecule has 0 unspecified atom stereocenters. The Hall–Kier alpha value is -2.08. The quantitative estimate of drug-likeness (QED) is 0.808. The lowest BCUT2D eigenvalue weighted by Crippen LogP contribution is -2.40. The van der Waals surface area contributed by atoms with Crippen LogP contribution in [-0.2, 0) is 9.53 Å². The van der Waals surface area contributed by atoms with Crippen LogP contribution < -0.4 is 0 Å².